The lowest BCUT2D eigenvalue weighted by Gasteiger charge is -2.12. The molecule has 1 aromatic heterocycles. The van der Waals surface area contributed by atoms with Crippen molar-refractivity contribution in [1.29, 1.82) is 0 Å². The predicted octanol–water partition coefficient (Wildman–Crippen LogP) is 7.84. The summed E-state index contributed by atoms with van der Waals surface area (Å²) in [4.78, 5) is 0. The van der Waals surface area contributed by atoms with Gasteiger partial charge in [-0.25, -0.2) is 0 Å². The topological polar surface area (TPSA) is 31.6 Å². The van der Waals surface area contributed by atoms with Crippen molar-refractivity contribution in [2.75, 3.05) is 19.8 Å². The molecule has 2 rings (SSSR count). The van der Waals surface area contributed by atoms with Crippen molar-refractivity contribution in [1.82, 2.24) is 0 Å². The maximum absolute atomic E-state index is 6.01. The standard InChI is InChI=1S/C28H52NO3S/c1-2-3-4-5-6-7-8-9-10-11-12-13-16-19-28-31-25-27(32-28)24-30-22-18-15-14-17-20-29-21-23-33-26-29/h21,23,26-28H,2-20,22,24-25H2,1H3/q+1/t27-,28-/m1/s1. The Morgan fingerprint density at radius 3 is 2.12 bits per heavy atom. The molecule has 0 aliphatic carbocycles. The fourth-order valence-electron chi connectivity index (χ4n) is 4.53. The highest BCUT2D eigenvalue weighted by Crippen LogP contribution is 2.19. The van der Waals surface area contributed by atoms with Gasteiger partial charge in [0.1, 0.15) is 12.6 Å². The maximum atomic E-state index is 6.01. The number of unbranched alkanes of at least 4 members (excludes halogenated alkanes) is 15. The summed E-state index contributed by atoms with van der Waals surface area (Å²) in [6, 6.07) is 0. The number of aryl methyl sites for hydroxylation is 1. The summed E-state index contributed by atoms with van der Waals surface area (Å²) >= 11 is 1.76. The average molecular weight is 483 g/mol. The molecule has 0 unspecified atom stereocenters. The van der Waals surface area contributed by atoms with Gasteiger partial charge in [-0.1, -0.05) is 102 Å². The van der Waals surface area contributed by atoms with E-state index in [9.17, 15) is 0 Å². The van der Waals surface area contributed by atoms with E-state index in [4.69, 9.17) is 14.2 Å². The highest BCUT2D eigenvalue weighted by atomic mass is 32.1. The van der Waals surface area contributed by atoms with E-state index in [-0.39, 0.29) is 12.4 Å². The number of aromatic nitrogens is 1. The fourth-order valence-corrected chi connectivity index (χ4v) is 5.16. The Morgan fingerprint density at radius 1 is 0.818 bits per heavy atom. The second kappa shape index (κ2) is 20.8. The minimum absolute atomic E-state index is 0.000846. The van der Waals surface area contributed by atoms with Gasteiger partial charge in [0, 0.05) is 13.0 Å². The lowest BCUT2D eigenvalue weighted by Crippen LogP contribution is -2.29. The summed E-state index contributed by atoms with van der Waals surface area (Å²) in [5, 5.41) is 2.13. The summed E-state index contributed by atoms with van der Waals surface area (Å²) in [7, 11) is 0. The molecule has 1 fully saturated rings. The zero-order chi connectivity index (χ0) is 23.2. The molecule has 0 amide bonds. The van der Waals surface area contributed by atoms with Crippen LogP contribution < -0.4 is 4.57 Å². The maximum Gasteiger partial charge on any atom is 0.224 e. The van der Waals surface area contributed by atoms with E-state index in [2.05, 4.69) is 28.6 Å². The van der Waals surface area contributed by atoms with Gasteiger partial charge < -0.3 is 14.2 Å². The van der Waals surface area contributed by atoms with Crippen LogP contribution in [0.4, 0.5) is 0 Å². The van der Waals surface area contributed by atoms with Crippen molar-refractivity contribution in [3.05, 3.63) is 17.1 Å². The number of hydrogen-bond donors (Lipinski definition) is 0. The molecule has 0 spiro atoms. The van der Waals surface area contributed by atoms with E-state index in [1.165, 1.54) is 103 Å². The molecule has 192 valence electrons. The minimum atomic E-state index is 0.000846. The van der Waals surface area contributed by atoms with Gasteiger partial charge in [0.05, 0.1) is 18.6 Å². The largest absolute Gasteiger partial charge is 0.379 e. The number of thiazole rings is 1. The summed E-state index contributed by atoms with van der Waals surface area (Å²) < 4.78 is 19.9. The van der Waals surface area contributed by atoms with Crippen molar-refractivity contribution in [3.8, 4) is 0 Å². The Morgan fingerprint density at radius 2 is 1.45 bits per heavy atom. The third-order valence-electron chi connectivity index (χ3n) is 6.64. The van der Waals surface area contributed by atoms with Crippen LogP contribution in [0.2, 0.25) is 0 Å². The molecule has 0 bridgehead atoms. The first kappa shape index (κ1) is 28.7. The first-order chi connectivity index (χ1) is 16.4. The quantitative estimate of drug-likeness (QED) is 0.118. The van der Waals surface area contributed by atoms with Gasteiger partial charge in [-0.15, -0.1) is 0 Å². The van der Waals surface area contributed by atoms with Crippen LogP contribution in [-0.2, 0) is 20.8 Å². The summed E-state index contributed by atoms with van der Waals surface area (Å²) in [5.74, 6) is 0. The van der Waals surface area contributed by atoms with Crippen molar-refractivity contribution in [2.24, 2.45) is 0 Å². The van der Waals surface area contributed by atoms with Gasteiger partial charge in [0.2, 0.25) is 5.51 Å². The van der Waals surface area contributed by atoms with Crippen molar-refractivity contribution < 1.29 is 18.8 Å². The molecule has 0 aromatic carbocycles. The third-order valence-corrected chi connectivity index (χ3v) is 7.31. The molecule has 2 atom stereocenters. The highest BCUT2D eigenvalue weighted by Gasteiger charge is 2.25. The van der Waals surface area contributed by atoms with E-state index in [0.29, 0.717) is 13.2 Å². The molecule has 4 nitrogen and oxygen atoms in total. The number of nitrogens with zero attached hydrogens (tertiary/aromatic N) is 1. The van der Waals surface area contributed by atoms with Gasteiger partial charge in [-0.05, 0) is 25.7 Å². The second-order valence-corrected chi connectivity index (χ2v) is 10.6. The van der Waals surface area contributed by atoms with Crippen molar-refractivity contribution in [3.63, 3.8) is 0 Å². The molecule has 0 saturated carbocycles. The summed E-state index contributed by atoms with van der Waals surface area (Å²) in [6.45, 7) is 5.64. The van der Waals surface area contributed by atoms with E-state index < -0.39 is 0 Å². The summed E-state index contributed by atoms with van der Waals surface area (Å²) in [5.41, 5.74) is 2.18. The average Bonchev–Trinajstić information content (AvgIpc) is 3.51. The van der Waals surface area contributed by atoms with Crippen LogP contribution in [0.15, 0.2) is 17.1 Å². The Kier molecular flexibility index (Phi) is 18.2. The van der Waals surface area contributed by atoms with E-state index in [1.807, 2.05) is 0 Å². The molecule has 2 heterocycles. The van der Waals surface area contributed by atoms with Crippen molar-refractivity contribution in [2.45, 2.75) is 141 Å². The van der Waals surface area contributed by atoms with E-state index in [0.717, 1.165) is 26.0 Å². The van der Waals surface area contributed by atoms with Gasteiger partial charge in [0.15, 0.2) is 12.5 Å². The van der Waals surface area contributed by atoms with Crippen LogP contribution in [0.25, 0.3) is 0 Å². The van der Waals surface area contributed by atoms with Gasteiger partial charge in [-0.3, -0.25) is 0 Å². The Labute approximate surface area is 208 Å². The molecule has 0 radical (unpaired) electrons. The summed E-state index contributed by atoms with van der Waals surface area (Å²) in [6.07, 6.45) is 26.4. The molecule has 1 saturated heterocycles. The number of rotatable bonds is 23. The molecular formula is C28H52NO3S+. The molecule has 1 aliphatic rings. The Hall–Kier alpha value is -0.490. The minimum Gasteiger partial charge on any atom is -0.379 e. The predicted molar refractivity (Wildman–Crippen MR) is 139 cm³/mol. The monoisotopic (exact) mass is 482 g/mol. The second-order valence-electron chi connectivity index (χ2n) is 9.81. The molecular weight excluding hydrogens is 430 g/mol. The first-order valence-corrected chi connectivity index (χ1v) is 15.1. The number of ether oxygens (including phenoxy) is 3. The smallest absolute Gasteiger partial charge is 0.224 e. The first-order valence-electron chi connectivity index (χ1n) is 14.1. The van der Waals surface area contributed by atoms with Crippen LogP contribution in [0.5, 0.6) is 0 Å². The normalized spacial score (nSPS) is 18.3. The molecule has 1 aliphatic heterocycles. The van der Waals surface area contributed by atoms with Gasteiger partial charge in [0.25, 0.3) is 0 Å². The Bertz CT molecular complexity index is 525. The van der Waals surface area contributed by atoms with Crippen molar-refractivity contribution >= 4 is 11.3 Å². The van der Waals surface area contributed by atoms with Crippen LogP contribution in [-0.4, -0.2) is 32.2 Å². The lowest BCUT2D eigenvalue weighted by atomic mass is 10.0. The van der Waals surface area contributed by atoms with Crippen LogP contribution >= 0.6 is 11.3 Å². The van der Waals surface area contributed by atoms with Gasteiger partial charge in [-0.2, -0.15) is 4.57 Å². The zero-order valence-corrected chi connectivity index (χ0v) is 22.3. The third kappa shape index (κ3) is 15.9. The number of hydrogen-bond acceptors (Lipinski definition) is 4. The fraction of sp³-hybridized carbons (Fsp3) is 0.893. The van der Waals surface area contributed by atoms with E-state index in [1.54, 1.807) is 11.3 Å². The van der Waals surface area contributed by atoms with Crippen LogP contribution in [0.1, 0.15) is 122 Å². The lowest BCUT2D eigenvalue weighted by molar-refractivity contribution is -0.692. The molecule has 0 N–H and O–H groups in total. The van der Waals surface area contributed by atoms with Crippen LogP contribution in [0, 0.1) is 0 Å². The zero-order valence-electron chi connectivity index (χ0n) is 21.5. The van der Waals surface area contributed by atoms with Gasteiger partial charge >= 0.3 is 0 Å². The van der Waals surface area contributed by atoms with Crippen LogP contribution in [0.3, 0.4) is 0 Å². The molecule has 5 heteroatoms. The highest BCUT2D eigenvalue weighted by molar-refractivity contribution is 7.07. The molecule has 33 heavy (non-hydrogen) atoms. The Balaban J connectivity index is 1.27. The molecule has 1 aromatic rings. The van der Waals surface area contributed by atoms with E-state index >= 15 is 0 Å². The SMILES string of the molecule is CCCCCCCCCCCCCCC[C@@H]1OC[C@@H](COCCCCCC[n+]2ccsc2)O1.